The van der Waals surface area contributed by atoms with E-state index in [4.69, 9.17) is 0 Å². The van der Waals surface area contributed by atoms with E-state index in [1.165, 1.54) is 86.3 Å². The Bertz CT molecular complexity index is 2330. The molecule has 8 aromatic rings. The Morgan fingerprint density at radius 2 is 1.10 bits per heavy atom. The van der Waals surface area contributed by atoms with Gasteiger partial charge in [0.05, 0.1) is 0 Å². The largest absolute Gasteiger partial charge is 0.0888 e. The molecule has 0 amide bonds. The van der Waals surface area contributed by atoms with Crippen LogP contribution in [0.15, 0.2) is 155 Å². The predicted octanol–water partition coefficient (Wildman–Crippen LogP) is 11.8. The van der Waals surface area contributed by atoms with Gasteiger partial charge in [0, 0.05) is 15.2 Å². The van der Waals surface area contributed by atoms with Gasteiger partial charge in [0.2, 0.25) is 0 Å². The van der Waals surface area contributed by atoms with Gasteiger partial charge in [-0.1, -0.05) is 133 Å². The highest BCUT2D eigenvalue weighted by Gasteiger charge is 2.20. The number of rotatable bonds is 2. The molecule has 0 radical (unpaired) electrons. The fraction of sp³-hybridized carbons (Fsp3) is 0. The molecule has 0 fully saturated rings. The SMILES string of the molecule is c1ccc(-c2c3ccccc3cc3c2ccc2cc(-c4ccc5c6c(cccc46)-c4ccccc4S5)ccc23)cc1. The minimum atomic E-state index is 1.26. The summed E-state index contributed by atoms with van der Waals surface area (Å²) in [6.07, 6.45) is 0. The molecule has 0 saturated heterocycles. The maximum absolute atomic E-state index is 2.38. The van der Waals surface area contributed by atoms with Crippen LogP contribution in [0, 0.1) is 0 Å². The van der Waals surface area contributed by atoms with Gasteiger partial charge in [0.15, 0.2) is 0 Å². The number of benzene rings is 8. The van der Waals surface area contributed by atoms with Crippen molar-refractivity contribution in [3.63, 3.8) is 0 Å². The summed E-state index contributed by atoms with van der Waals surface area (Å²) in [5.41, 5.74) is 7.78. The van der Waals surface area contributed by atoms with Crippen LogP contribution in [0.2, 0.25) is 0 Å². The smallest absolute Gasteiger partial charge is 0.0207 e. The molecule has 1 heterocycles. The Morgan fingerprint density at radius 3 is 2.05 bits per heavy atom. The van der Waals surface area contributed by atoms with Crippen LogP contribution >= 0.6 is 11.8 Å². The van der Waals surface area contributed by atoms with Crippen molar-refractivity contribution >= 4 is 54.9 Å². The fourth-order valence-corrected chi connectivity index (χ4v) is 7.92. The average Bonchev–Trinajstić information content (AvgIpc) is 3.04. The first-order chi connectivity index (χ1) is 20.3. The van der Waals surface area contributed by atoms with E-state index in [0.717, 1.165) is 0 Å². The second kappa shape index (κ2) is 8.83. The van der Waals surface area contributed by atoms with Gasteiger partial charge in [0.1, 0.15) is 0 Å². The highest BCUT2D eigenvalue weighted by atomic mass is 32.2. The van der Waals surface area contributed by atoms with E-state index in [-0.39, 0.29) is 0 Å². The van der Waals surface area contributed by atoms with Gasteiger partial charge in [-0.25, -0.2) is 0 Å². The van der Waals surface area contributed by atoms with E-state index in [0.29, 0.717) is 0 Å². The average molecular weight is 537 g/mol. The molecule has 0 N–H and O–H groups in total. The molecule has 9 rings (SSSR count). The molecule has 0 nitrogen and oxygen atoms in total. The molecule has 1 heteroatoms. The second-order valence-electron chi connectivity index (χ2n) is 10.9. The normalized spacial score (nSPS) is 12.3. The van der Waals surface area contributed by atoms with Gasteiger partial charge in [-0.15, -0.1) is 0 Å². The summed E-state index contributed by atoms with van der Waals surface area (Å²) in [6, 6.07) is 53.7. The Labute approximate surface area is 242 Å². The maximum atomic E-state index is 2.38. The van der Waals surface area contributed by atoms with E-state index in [1.54, 1.807) is 0 Å². The molecule has 0 aromatic heterocycles. The molecule has 0 atom stereocenters. The summed E-state index contributed by atoms with van der Waals surface area (Å²) in [4.78, 5) is 2.67. The lowest BCUT2D eigenvalue weighted by atomic mass is 9.88. The molecule has 8 aromatic carbocycles. The monoisotopic (exact) mass is 536 g/mol. The Balaban J connectivity index is 1.28. The molecule has 190 valence electrons. The summed E-state index contributed by atoms with van der Waals surface area (Å²) < 4.78 is 0. The lowest BCUT2D eigenvalue weighted by molar-refractivity contribution is 1.40. The molecule has 0 unspecified atom stereocenters. The third kappa shape index (κ3) is 3.43. The Kier molecular flexibility index (Phi) is 4.93. The first-order valence-corrected chi connectivity index (χ1v) is 14.9. The van der Waals surface area contributed by atoms with Crippen LogP contribution in [0.4, 0.5) is 0 Å². The van der Waals surface area contributed by atoms with Crippen molar-refractivity contribution in [3.05, 3.63) is 146 Å². The van der Waals surface area contributed by atoms with Crippen LogP contribution in [-0.4, -0.2) is 0 Å². The predicted molar refractivity (Wildman–Crippen MR) is 177 cm³/mol. The van der Waals surface area contributed by atoms with Crippen molar-refractivity contribution < 1.29 is 0 Å². The van der Waals surface area contributed by atoms with E-state index >= 15 is 0 Å². The molecule has 0 bridgehead atoms. The number of fused-ring (bicyclic) bond motifs is 6. The standard InChI is InChI=1S/C40H24S/c1-2-9-25(10-3-1)39-31-12-5-4-11-26(31)24-36-30-19-17-27(23-28(30)18-20-35(36)39)29-21-22-38-40-33(29)14-8-15-34(40)32-13-6-7-16-37(32)41-38/h1-24H. The van der Waals surface area contributed by atoms with Crippen molar-refractivity contribution in [1.29, 1.82) is 0 Å². The van der Waals surface area contributed by atoms with Crippen molar-refractivity contribution in [3.8, 4) is 33.4 Å². The topological polar surface area (TPSA) is 0 Å². The molecule has 0 aliphatic carbocycles. The van der Waals surface area contributed by atoms with Gasteiger partial charge in [0.25, 0.3) is 0 Å². The van der Waals surface area contributed by atoms with E-state index in [1.807, 2.05) is 11.8 Å². The van der Waals surface area contributed by atoms with E-state index in [2.05, 4.69) is 146 Å². The van der Waals surface area contributed by atoms with Gasteiger partial charge in [-0.2, -0.15) is 0 Å². The molecule has 1 aliphatic heterocycles. The summed E-state index contributed by atoms with van der Waals surface area (Å²) in [7, 11) is 0. The minimum Gasteiger partial charge on any atom is -0.0888 e. The highest BCUT2D eigenvalue weighted by Crippen LogP contribution is 2.50. The Hall–Kier alpha value is -4.85. The lowest BCUT2D eigenvalue weighted by Gasteiger charge is -2.21. The summed E-state index contributed by atoms with van der Waals surface area (Å²) in [5, 5.41) is 10.4. The third-order valence-electron chi connectivity index (χ3n) is 8.63. The number of hydrogen-bond acceptors (Lipinski definition) is 1. The Morgan fingerprint density at radius 1 is 0.341 bits per heavy atom. The molecular formula is C40H24S. The number of hydrogen-bond donors (Lipinski definition) is 0. The maximum Gasteiger partial charge on any atom is 0.0207 e. The molecule has 41 heavy (non-hydrogen) atoms. The summed E-state index contributed by atoms with van der Waals surface area (Å²) in [6.45, 7) is 0. The van der Waals surface area contributed by atoms with Crippen LogP contribution in [0.3, 0.4) is 0 Å². The zero-order valence-corrected chi connectivity index (χ0v) is 23.1. The summed E-state index contributed by atoms with van der Waals surface area (Å²) in [5.74, 6) is 0. The second-order valence-corrected chi connectivity index (χ2v) is 12.0. The van der Waals surface area contributed by atoms with Crippen LogP contribution < -0.4 is 0 Å². The van der Waals surface area contributed by atoms with Crippen molar-refractivity contribution in [2.24, 2.45) is 0 Å². The highest BCUT2D eigenvalue weighted by molar-refractivity contribution is 7.99. The van der Waals surface area contributed by atoms with E-state index in [9.17, 15) is 0 Å². The van der Waals surface area contributed by atoms with Crippen LogP contribution in [0.25, 0.3) is 76.5 Å². The van der Waals surface area contributed by atoms with E-state index < -0.39 is 0 Å². The quantitative estimate of drug-likeness (QED) is 0.156. The summed E-state index contributed by atoms with van der Waals surface area (Å²) >= 11 is 1.88. The first kappa shape index (κ1) is 22.9. The third-order valence-corrected chi connectivity index (χ3v) is 9.77. The lowest BCUT2D eigenvalue weighted by Crippen LogP contribution is -1.94. The molecule has 0 spiro atoms. The van der Waals surface area contributed by atoms with Gasteiger partial charge in [-0.3, -0.25) is 0 Å². The minimum absolute atomic E-state index is 1.26. The van der Waals surface area contributed by atoms with Crippen LogP contribution in [-0.2, 0) is 0 Å². The van der Waals surface area contributed by atoms with Crippen LogP contribution in [0.5, 0.6) is 0 Å². The molecular weight excluding hydrogens is 513 g/mol. The van der Waals surface area contributed by atoms with Gasteiger partial charge < -0.3 is 0 Å². The van der Waals surface area contributed by atoms with Crippen molar-refractivity contribution in [2.45, 2.75) is 9.79 Å². The fourth-order valence-electron chi connectivity index (χ4n) is 6.79. The van der Waals surface area contributed by atoms with Crippen molar-refractivity contribution in [1.82, 2.24) is 0 Å². The van der Waals surface area contributed by atoms with Gasteiger partial charge >= 0.3 is 0 Å². The zero-order chi connectivity index (χ0) is 26.9. The zero-order valence-electron chi connectivity index (χ0n) is 22.3. The van der Waals surface area contributed by atoms with Gasteiger partial charge in [-0.05, 0) is 95.3 Å². The van der Waals surface area contributed by atoms with Crippen LogP contribution in [0.1, 0.15) is 0 Å². The first-order valence-electron chi connectivity index (χ1n) is 14.1. The molecule has 1 aliphatic rings. The van der Waals surface area contributed by atoms with Crippen molar-refractivity contribution in [2.75, 3.05) is 0 Å². The molecule has 0 saturated carbocycles.